The van der Waals surface area contributed by atoms with E-state index < -0.39 is 10.0 Å². The summed E-state index contributed by atoms with van der Waals surface area (Å²) in [5, 5.41) is 2.77. The Labute approximate surface area is 148 Å². The third kappa shape index (κ3) is 3.39. The lowest BCUT2D eigenvalue weighted by Crippen LogP contribution is -2.15. The van der Waals surface area contributed by atoms with Crippen LogP contribution >= 0.6 is 0 Å². The summed E-state index contributed by atoms with van der Waals surface area (Å²) in [6, 6.07) is 12.0. The van der Waals surface area contributed by atoms with E-state index in [1.807, 2.05) is 12.1 Å². The van der Waals surface area contributed by atoms with Crippen molar-refractivity contribution in [1.82, 2.24) is 0 Å². The molecule has 0 aliphatic carbocycles. The fourth-order valence-corrected chi connectivity index (χ4v) is 3.88. The maximum absolute atomic E-state index is 12.6. The van der Waals surface area contributed by atoms with Gasteiger partial charge < -0.3 is 5.32 Å². The van der Waals surface area contributed by atoms with Crippen molar-refractivity contribution in [2.45, 2.75) is 43.9 Å². The molecule has 0 saturated carbocycles. The zero-order chi connectivity index (χ0) is 18.4. The summed E-state index contributed by atoms with van der Waals surface area (Å²) >= 11 is 0. The Kier molecular flexibility index (Phi) is 4.11. The van der Waals surface area contributed by atoms with Gasteiger partial charge in [0.2, 0.25) is 5.91 Å². The molecule has 0 radical (unpaired) electrons. The minimum absolute atomic E-state index is 0.0363. The molecule has 2 aromatic carbocycles. The van der Waals surface area contributed by atoms with Gasteiger partial charge in [0, 0.05) is 11.4 Å². The number of nitrogens with one attached hydrogen (secondary N) is 2. The molecular formula is C19H22N2O3S. The number of sulfonamides is 1. The summed E-state index contributed by atoms with van der Waals surface area (Å²) in [6.07, 6.45) is 0. The maximum atomic E-state index is 12.6. The van der Waals surface area contributed by atoms with Crippen LogP contribution in [0.3, 0.4) is 0 Å². The molecule has 1 unspecified atom stereocenters. The maximum Gasteiger partial charge on any atom is 0.261 e. The summed E-state index contributed by atoms with van der Waals surface area (Å²) in [5.74, 6) is -0.363. The Hall–Kier alpha value is -2.34. The molecule has 3 rings (SSSR count). The second-order valence-corrected chi connectivity index (χ2v) is 9.08. The van der Waals surface area contributed by atoms with E-state index in [1.54, 1.807) is 37.3 Å². The van der Waals surface area contributed by atoms with Gasteiger partial charge in [-0.2, -0.15) is 0 Å². The van der Waals surface area contributed by atoms with Crippen molar-refractivity contribution in [2.24, 2.45) is 0 Å². The van der Waals surface area contributed by atoms with Gasteiger partial charge >= 0.3 is 0 Å². The monoisotopic (exact) mass is 358 g/mol. The molecule has 0 bridgehead atoms. The third-order valence-electron chi connectivity index (χ3n) is 4.45. The van der Waals surface area contributed by atoms with E-state index in [0.29, 0.717) is 5.69 Å². The lowest BCUT2D eigenvalue weighted by Gasteiger charge is -2.19. The van der Waals surface area contributed by atoms with E-state index in [9.17, 15) is 13.2 Å². The number of carbonyl (C=O) groups excluding carboxylic acids is 1. The minimum atomic E-state index is -3.68. The number of carbonyl (C=O) groups is 1. The molecule has 6 heteroatoms. The van der Waals surface area contributed by atoms with E-state index in [-0.39, 0.29) is 22.1 Å². The van der Waals surface area contributed by atoms with Crippen LogP contribution < -0.4 is 10.0 Å². The summed E-state index contributed by atoms with van der Waals surface area (Å²) in [4.78, 5) is 11.9. The van der Waals surface area contributed by atoms with Crippen LogP contribution in [0.1, 0.15) is 44.7 Å². The first kappa shape index (κ1) is 17.5. The zero-order valence-electron chi connectivity index (χ0n) is 14.8. The Bertz CT molecular complexity index is 926. The number of hydrogen-bond donors (Lipinski definition) is 2. The quantitative estimate of drug-likeness (QED) is 0.875. The second kappa shape index (κ2) is 5.88. The largest absolute Gasteiger partial charge is 0.325 e. The molecule has 0 aromatic heterocycles. The molecule has 25 heavy (non-hydrogen) atoms. The fraction of sp³-hybridized carbons (Fsp3) is 0.316. The topological polar surface area (TPSA) is 75.3 Å². The smallest absolute Gasteiger partial charge is 0.261 e. The number of benzene rings is 2. The molecule has 1 amide bonds. The molecule has 5 nitrogen and oxygen atoms in total. The molecular weight excluding hydrogens is 336 g/mol. The number of fused-ring (bicyclic) bond motifs is 1. The zero-order valence-corrected chi connectivity index (χ0v) is 15.6. The molecule has 132 valence electrons. The predicted octanol–water partition coefficient (Wildman–Crippen LogP) is 3.84. The lowest BCUT2D eigenvalue weighted by atomic mass is 9.87. The van der Waals surface area contributed by atoms with Crippen molar-refractivity contribution >= 4 is 27.3 Å². The Balaban J connectivity index is 1.86. The molecule has 2 aromatic rings. The molecule has 0 fully saturated rings. The highest BCUT2D eigenvalue weighted by molar-refractivity contribution is 7.92. The standard InChI is InChI=1S/C19H22N2O3S/c1-12-16-11-14(7-10-17(16)20-18(12)22)21-25(23,24)15-8-5-13(6-9-15)19(2,3)4/h5-12,21H,1-4H3,(H,20,22). The molecule has 1 aliphatic heterocycles. The van der Waals surface area contributed by atoms with E-state index in [1.165, 1.54) is 0 Å². The minimum Gasteiger partial charge on any atom is -0.325 e. The van der Waals surface area contributed by atoms with Crippen molar-refractivity contribution < 1.29 is 13.2 Å². The van der Waals surface area contributed by atoms with Gasteiger partial charge in [-0.15, -0.1) is 0 Å². The number of anilines is 2. The van der Waals surface area contributed by atoms with Crippen LogP contribution in [-0.4, -0.2) is 14.3 Å². The van der Waals surface area contributed by atoms with Crippen molar-refractivity contribution in [1.29, 1.82) is 0 Å². The van der Waals surface area contributed by atoms with Gasteiger partial charge in [-0.1, -0.05) is 32.9 Å². The van der Waals surface area contributed by atoms with Gasteiger partial charge in [0.25, 0.3) is 10.0 Å². The lowest BCUT2D eigenvalue weighted by molar-refractivity contribution is -0.116. The second-order valence-electron chi connectivity index (χ2n) is 7.39. The van der Waals surface area contributed by atoms with Crippen molar-refractivity contribution in [2.75, 3.05) is 10.0 Å². The van der Waals surface area contributed by atoms with E-state index in [2.05, 4.69) is 30.8 Å². The normalized spacial score (nSPS) is 17.1. The predicted molar refractivity (Wildman–Crippen MR) is 99.4 cm³/mol. The van der Waals surface area contributed by atoms with Gasteiger partial charge in [-0.25, -0.2) is 8.42 Å². The van der Waals surface area contributed by atoms with Gasteiger partial charge in [0.05, 0.1) is 10.8 Å². The van der Waals surface area contributed by atoms with Gasteiger partial charge in [0.1, 0.15) is 0 Å². The molecule has 0 spiro atoms. The fourth-order valence-electron chi connectivity index (χ4n) is 2.83. The Morgan fingerprint density at radius 2 is 1.68 bits per heavy atom. The van der Waals surface area contributed by atoms with Crippen LogP contribution in [0.15, 0.2) is 47.4 Å². The highest BCUT2D eigenvalue weighted by atomic mass is 32.2. The van der Waals surface area contributed by atoms with Crippen LogP contribution in [0, 0.1) is 0 Å². The van der Waals surface area contributed by atoms with Crippen LogP contribution in [-0.2, 0) is 20.2 Å². The van der Waals surface area contributed by atoms with Crippen LogP contribution in [0.5, 0.6) is 0 Å². The van der Waals surface area contributed by atoms with Crippen molar-refractivity contribution in [3.8, 4) is 0 Å². The van der Waals surface area contributed by atoms with E-state index in [0.717, 1.165) is 16.8 Å². The first-order chi connectivity index (χ1) is 11.6. The van der Waals surface area contributed by atoms with Crippen LogP contribution in [0.25, 0.3) is 0 Å². The molecule has 1 heterocycles. The Morgan fingerprint density at radius 3 is 2.28 bits per heavy atom. The van der Waals surface area contributed by atoms with Crippen molar-refractivity contribution in [3.63, 3.8) is 0 Å². The van der Waals surface area contributed by atoms with Crippen LogP contribution in [0.2, 0.25) is 0 Å². The van der Waals surface area contributed by atoms with Crippen molar-refractivity contribution in [3.05, 3.63) is 53.6 Å². The number of hydrogen-bond acceptors (Lipinski definition) is 3. The summed E-state index contributed by atoms with van der Waals surface area (Å²) in [7, 11) is -3.68. The van der Waals surface area contributed by atoms with E-state index >= 15 is 0 Å². The highest BCUT2D eigenvalue weighted by Crippen LogP contribution is 2.34. The average molecular weight is 358 g/mol. The van der Waals surface area contributed by atoms with Crippen LogP contribution in [0.4, 0.5) is 11.4 Å². The average Bonchev–Trinajstić information content (AvgIpc) is 2.81. The van der Waals surface area contributed by atoms with Gasteiger partial charge in [-0.3, -0.25) is 9.52 Å². The summed E-state index contributed by atoms with van der Waals surface area (Å²) in [5.41, 5.74) is 3.01. The molecule has 0 saturated heterocycles. The summed E-state index contributed by atoms with van der Waals surface area (Å²) in [6.45, 7) is 8.03. The molecule has 1 atom stereocenters. The Morgan fingerprint density at radius 1 is 1.04 bits per heavy atom. The van der Waals surface area contributed by atoms with Gasteiger partial charge in [0.15, 0.2) is 0 Å². The molecule has 1 aliphatic rings. The first-order valence-corrected chi connectivity index (χ1v) is 9.64. The SMILES string of the molecule is CC1C(=O)Nc2ccc(NS(=O)(=O)c3ccc(C(C)(C)C)cc3)cc21. The summed E-state index contributed by atoms with van der Waals surface area (Å²) < 4.78 is 27.8. The van der Waals surface area contributed by atoms with Gasteiger partial charge in [-0.05, 0) is 53.8 Å². The number of amides is 1. The first-order valence-electron chi connectivity index (χ1n) is 8.16. The third-order valence-corrected chi connectivity index (χ3v) is 5.85. The number of rotatable bonds is 3. The highest BCUT2D eigenvalue weighted by Gasteiger charge is 2.27. The van der Waals surface area contributed by atoms with E-state index in [4.69, 9.17) is 0 Å². The molecule has 2 N–H and O–H groups in total.